The molecule has 2 bridgehead atoms. The Hall–Kier alpha value is -3.74. The largest absolute Gasteiger partial charge is 0.340 e. The van der Waals surface area contributed by atoms with Gasteiger partial charge in [-0.15, -0.1) is 0 Å². The number of rotatable bonds is 4. The molecule has 2 aromatic rings. The van der Waals surface area contributed by atoms with Crippen LogP contribution in [0.3, 0.4) is 0 Å². The number of nitrogens with zero attached hydrogens (tertiary/aromatic N) is 5. The molecular weight excluding hydrogens is 446 g/mol. The van der Waals surface area contributed by atoms with Gasteiger partial charge in [-0.25, -0.2) is 14.7 Å². The fraction of sp³-hybridized carbons (Fsp3) is 0.379. The molecule has 1 aromatic heterocycles. The number of aliphatic imine (C=N–C) groups is 2. The van der Waals surface area contributed by atoms with Crippen molar-refractivity contribution in [2.75, 3.05) is 11.9 Å². The maximum atomic E-state index is 4.85. The van der Waals surface area contributed by atoms with Crippen LogP contribution < -0.4 is 10.6 Å². The highest BCUT2D eigenvalue weighted by Crippen LogP contribution is 2.35. The van der Waals surface area contributed by atoms with Gasteiger partial charge in [0, 0.05) is 24.0 Å². The molecule has 36 heavy (non-hydrogen) atoms. The molecule has 1 aliphatic rings. The maximum Gasteiger partial charge on any atom is 0.147 e. The van der Waals surface area contributed by atoms with Crippen molar-refractivity contribution in [1.82, 2.24) is 20.1 Å². The minimum Gasteiger partial charge on any atom is -0.340 e. The number of nitrogens with one attached hydrogen (secondary N) is 2. The third-order valence-corrected chi connectivity index (χ3v) is 6.83. The average Bonchev–Trinajstić information content (AvgIpc) is 3.28. The van der Waals surface area contributed by atoms with Crippen molar-refractivity contribution >= 4 is 17.7 Å². The number of fused-ring (bicyclic) bond motifs is 2. The first kappa shape index (κ1) is 26.9. The number of aromatic nitrogens is 3. The van der Waals surface area contributed by atoms with Crippen molar-refractivity contribution in [3.05, 3.63) is 83.9 Å². The topological polar surface area (TPSA) is 79.5 Å². The highest BCUT2D eigenvalue weighted by Gasteiger charge is 2.29. The summed E-state index contributed by atoms with van der Waals surface area (Å²) in [7, 11) is 0. The first-order valence-electron chi connectivity index (χ1n) is 12.5. The summed E-state index contributed by atoms with van der Waals surface area (Å²) < 4.78 is 1.81. The Kier molecular flexibility index (Phi) is 8.45. The molecule has 0 aliphatic carbocycles. The molecule has 7 heteroatoms. The minimum absolute atomic E-state index is 0.162. The van der Waals surface area contributed by atoms with E-state index in [-0.39, 0.29) is 11.3 Å². The molecule has 1 unspecified atom stereocenters. The number of allylic oxidation sites excluding steroid dienone is 3. The van der Waals surface area contributed by atoms with Gasteiger partial charge >= 0.3 is 0 Å². The second-order valence-electron chi connectivity index (χ2n) is 9.68. The lowest BCUT2D eigenvalue weighted by Gasteiger charge is -2.32. The quantitative estimate of drug-likeness (QED) is 0.501. The lowest BCUT2D eigenvalue weighted by Crippen LogP contribution is -2.29. The van der Waals surface area contributed by atoms with Crippen LogP contribution in [0.4, 0.5) is 5.69 Å². The molecule has 1 aliphatic heterocycles. The average molecular weight is 486 g/mol. The van der Waals surface area contributed by atoms with Crippen LogP contribution in [0, 0.1) is 12.8 Å². The summed E-state index contributed by atoms with van der Waals surface area (Å²) in [6, 6.07) is 6.43. The van der Waals surface area contributed by atoms with Crippen LogP contribution in [-0.2, 0) is 5.41 Å². The van der Waals surface area contributed by atoms with Gasteiger partial charge in [-0.3, -0.25) is 4.99 Å². The van der Waals surface area contributed by atoms with E-state index >= 15 is 0 Å². The van der Waals surface area contributed by atoms with Crippen molar-refractivity contribution in [3.8, 4) is 5.69 Å². The molecule has 7 nitrogen and oxygen atoms in total. The molecule has 0 spiro atoms. The van der Waals surface area contributed by atoms with Gasteiger partial charge in [-0.1, -0.05) is 53.0 Å². The Bertz CT molecular complexity index is 1250. The Morgan fingerprint density at radius 2 is 1.97 bits per heavy atom. The second kappa shape index (κ2) is 11.3. The molecule has 190 valence electrons. The van der Waals surface area contributed by atoms with Gasteiger partial charge in [0.1, 0.15) is 23.8 Å². The molecule has 2 heterocycles. The molecule has 2 N–H and O–H groups in total. The van der Waals surface area contributed by atoms with Crippen LogP contribution in [0.25, 0.3) is 5.69 Å². The molecule has 3 rings (SSSR count). The normalized spacial score (nSPS) is 22.1. The van der Waals surface area contributed by atoms with Crippen LogP contribution in [0.1, 0.15) is 59.4 Å². The van der Waals surface area contributed by atoms with E-state index in [1.165, 1.54) is 5.56 Å². The van der Waals surface area contributed by atoms with E-state index in [9.17, 15) is 0 Å². The summed E-state index contributed by atoms with van der Waals surface area (Å²) in [5, 5.41) is 11.4. The molecule has 0 saturated heterocycles. The zero-order chi connectivity index (χ0) is 26.5. The molecule has 1 atom stereocenters. The fourth-order valence-corrected chi connectivity index (χ4v) is 3.98. The van der Waals surface area contributed by atoms with Crippen molar-refractivity contribution in [1.29, 1.82) is 0 Å². The van der Waals surface area contributed by atoms with Gasteiger partial charge < -0.3 is 10.6 Å². The first-order valence-corrected chi connectivity index (χ1v) is 12.5. The summed E-state index contributed by atoms with van der Waals surface area (Å²) >= 11 is 0. The van der Waals surface area contributed by atoms with Crippen molar-refractivity contribution in [2.24, 2.45) is 15.9 Å². The third-order valence-electron chi connectivity index (χ3n) is 6.83. The number of anilines is 1. The summed E-state index contributed by atoms with van der Waals surface area (Å²) in [5.41, 5.74) is 5.62. The number of hydrogen-bond donors (Lipinski definition) is 2. The Morgan fingerprint density at radius 3 is 2.58 bits per heavy atom. The van der Waals surface area contributed by atoms with E-state index in [1.54, 1.807) is 6.33 Å². The van der Waals surface area contributed by atoms with E-state index in [2.05, 4.69) is 79.8 Å². The van der Waals surface area contributed by atoms with E-state index in [1.807, 2.05) is 43.8 Å². The summed E-state index contributed by atoms with van der Waals surface area (Å²) in [6.45, 7) is 23.8. The molecule has 0 amide bonds. The highest BCUT2D eigenvalue weighted by molar-refractivity contribution is 6.11. The lowest BCUT2D eigenvalue weighted by atomic mass is 9.74. The van der Waals surface area contributed by atoms with Crippen LogP contribution >= 0.6 is 0 Å². The second-order valence-corrected chi connectivity index (χ2v) is 9.68. The Labute approximate surface area is 215 Å². The standard InChI is InChI=1S/C29H39N7/c1-10-19(4)27(12-3)28-33-22(7)32-24(11-2)17-30-16-20(5)29(8,9)23-13-25(34-28)15-26(14-23)36-18-31-21(6)35-36/h11-15,17-18,20,32H,4,7,10,16H2,1-3,5-6,8-9H3,(H,33,34)/b24-11+,27-12-,30-17-. The fourth-order valence-electron chi connectivity index (χ4n) is 3.98. The van der Waals surface area contributed by atoms with E-state index in [0.717, 1.165) is 40.5 Å². The first-order chi connectivity index (χ1) is 17.1. The summed E-state index contributed by atoms with van der Waals surface area (Å²) in [5.74, 6) is 2.18. The molecule has 0 fully saturated rings. The van der Waals surface area contributed by atoms with Crippen LogP contribution in [0.15, 0.2) is 82.5 Å². The number of amidine groups is 1. The molecule has 0 radical (unpaired) electrons. The Balaban J connectivity index is 2.25. The number of aryl methyl sites for hydroxylation is 1. The van der Waals surface area contributed by atoms with Crippen LogP contribution in [0.2, 0.25) is 0 Å². The summed E-state index contributed by atoms with van der Waals surface area (Å²) in [6.07, 6.45) is 8.40. The summed E-state index contributed by atoms with van der Waals surface area (Å²) in [4.78, 5) is 13.9. The van der Waals surface area contributed by atoms with Gasteiger partial charge in [-0.2, -0.15) is 5.10 Å². The van der Waals surface area contributed by atoms with Gasteiger partial charge in [0.25, 0.3) is 0 Å². The number of hydrogen-bond acceptors (Lipinski definition) is 6. The predicted octanol–water partition coefficient (Wildman–Crippen LogP) is 6.26. The maximum absolute atomic E-state index is 4.85. The van der Waals surface area contributed by atoms with Gasteiger partial charge in [0.2, 0.25) is 0 Å². The SMILES string of the molecule is C=C1/N=C(\C(=C/C)C(=C)CC)Nc2cc(-n3cnc(C)n3)cc(c2)C(C)(C)C(C)C/N=C\C(=C/C)N1. The van der Waals surface area contributed by atoms with Crippen LogP contribution in [-0.4, -0.2) is 33.4 Å². The van der Waals surface area contributed by atoms with Crippen molar-refractivity contribution in [2.45, 2.75) is 60.3 Å². The van der Waals surface area contributed by atoms with Gasteiger partial charge in [0.15, 0.2) is 0 Å². The van der Waals surface area contributed by atoms with E-state index in [0.29, 0.717) is 18.2 Å². The zero-order valence-corrected chi connectivity index (χ0v) is 22.7. The van der Waals surface area contributed by atoms with E-state index in [4.69, 9.17) is 9.98 Å². The predicted molar refractivity (Wildman–Crippen MR) is 152 cm³/mol. The molecular formula is C29H39N7. The zero-order valence-electron chi connectivity index (χ0n) is 22.7. The Morgan fingerprint density at radius 1 is 1.22 bits per heavy atom. The van der Waals surface area contributed by atoms with Gasteiger partial charge in [0.05, 0.1) is 11.4 Å². The third kappa shape index (κ3) is 6.08. The highest BCUT2D eigenvalue weighted by atomic mass is 15.3. The van der Waals surface area contributed by atoms with E-state index < -0.39 is 0 Å². The number of benzene rings is 1. The van der Waals surface area contributed by atoms with Gasteiger partial charge in [-0.05, 0) is 67.9 Å². The molecule has 1 aromatic carbocycles. The molecule has 0 saturated carbocycles. The van der Waals surface area contributed by atoms with Crippen LogP contribution in [0.5, 0.6) is 0 Å². The minimum atomic E-state index is -0.162. The monoisotopic (exact) mass is 485 g/mol. The lowest BCUT2D eigenvalue weighted by molar-refractivity contribution is 0.353. The van der Waals surface area contributed by atoms with Crippen molar-refractivity contribution in [3.63, 3.8) is 0 Å². The smallest absolute Gasteiger partial charge is 0.147 e. The van der Waals surface area contributed by atoms with Crippen molar-refractivity contribution < 1.29 is 0 Å².